The van der Waals surface area contributed by atoms with Crippen molar-refractivity contribution in [2.45, 2.75) is 20.4 Å². The van der Waals surface area contributed by atoms with E-state index in [0.717, 1.165) is 34.2 Å². The lowest BCUT2D eigenvalue weighted by Crippen LogP contribution is -2.23. The van der Waals surface area contributed by atoms with Gasteiger partial charge in [0, 0.05) is 24.8 Å². The predicted molar refractivity (Wildman–Crippen MR) is 81.3 cm³/mol. The molecule has 0 bridgehead atoms. The lowest BCUT2D eigenvalue weighted by atomic mass is 10.1. The number of carbonyl (C=O) groups is 1. The van der Waals surface area contributed by atoms with E-state index in [0.29, 0.717) is 17.6 Å². The molecule has 7 heteroatoms. The van der Waals surface area contributed by atoms with Crippen LogP contribution in [-0.2, 0) is 13.6 Å². The standard InChI is InChI=1S/C14H15N5OS/c1-8-11(9(2)19(3)16-8)7-15-14(20)10-5-4-6-12-13(10)18-21-17-12/h4-6H,7H2,1-3H3,(H,15,20). The second kappa shape index (κ2) is 5.25. The zero-order valence-corrected chi connectivity index (χ0v) is 12.9. The van der Waals surface area contributed by atoms with Crippen molar-refractivity contribution in [1.82, 2.24) is 23.8 Å². The fraction of sp³-hybridized carbons (Fsp3) is 0.286. The maximum Gasteiger partial charge on any atom is 0.253 e. The van der Waals surface area contributed by atoms with Crippen LogP contribution in [0.4, 0.5) is 0 Å². The molecule has 2 aromatic heterocycles. The van der Waals surface area contributed by atoms with Crippen LogP contribution in [0.15, 0.2) is 18.2 Å². The third kappa shape index (κ3) is 2.40. The van der Waals surface area contributed by atoms with Crippen LogP contribution in [0, 0.1) is 13.8 Å². The monoisotopic (exact) mass is 301 g/mol. The van der Waals surface area contributed by atoms with Gasteiger partial charge >= 0.3 is 0 Å². The summed E-state index contributed by atoms with van der Waals surface area (Å²) in [5, 5.41) is 7.28. The van der Waals surface area contributed by atoms with Gasteiger partial charge in [0.2, 0.25) is 0 Å². The molecule has 0 spiro atoms. The van der Waals surface area contributed by atoms with Crippen molar-refractivity contribution in [1.29, 1.82) is 0 Å². The summed E-state index contributed by atoms with van der Waals surface area (Å²) in [6, 6.07) is 5.44. The van der Waals surface area contributed by atoms with Crippen LogP contribution in [0.2, 0.25) is 0 Å². The van der Waals surface area contributed by atoms with E-state index in [4.69, 9.17) is 0 Å². The highest BCUT2D eigenvalue weighted by Gasteiger charge is 2.14. The van der Waals surface area contributed by atoms with Crippen LogP contribution >= 0.6 is 11.7 Å². The zero-order chi connectivity index (χ0) is 15.0. The van der Waals surface area contributed by atoms with Gasteiger partial charge in [0.15, 0.2) is 0 Å². The Morgan fingerprint density at radius 2 is 2.14 bits per heavy atom. The van der Waals surface area contributed by atoms with Crippen molar-refractivity contribution >= 4 is 28.7 Å². The smallest absolute Gasteiger partial charge is 0.253 e. The fourth-order valence-corrected chi connectivity index (χ4v) is 2.88. The van der Waals surface area contributed by atoms with Crippen molar-refractivity contribution in [3.63, 3.8) is 0 Å². The number of rotatable bonds is 3. The highest BCUT2D eigenvalue weighted by atomic mass is 32.1. The quantitative estimate of drug-likeness (QED) is 0.803. The molecule has 3 aromatic rings. The average Bonchev–Trinajstić information content (AvgIpc) is 3.02. The van der Waals surface area contributed by atoms with Gasteiger partial charge in [-0.2, -0.15) is 13.8 Å². The molecule has 6 nitrogen and oxygen atoms in total. The number of benzene rings is 1. The molecule has 0 saturated carbocycles. The van der Waals surface area contributed by atoms with Gasteiger partial charge in [-0.15, -0.1) is 0 Å². The highest BCUT2D eigenvalue weighted by molar-refractivity contribution is 7.00. The summed E-state index contributed by atoms with van der Waals surface area (Å²) in [6.45, 7) is 4.39. The van der Waals surface area contributed by atoms with Gasteiger partial charge in [0.05, 0.1) is 23.0 Å². The number of amides is 1. The average molecular weight is 301 g/mol. The molecule has 2 heterocycles. The minimum absolute atomic E-state index is 0.143. The third-order valence-electron chi connectivity index (χ3n) is 3.62. The Morgan fingerprint density at radius 3 is 2.86 bits per heavy atom. The van der Waals surface area contributed by atoms with Crippen LogP contribution in [-0.4, -0.2) is 24.4 Å². The van der Waals surface area contributed by atoms with E-state index in [1.54, 1.807) is 6.07 Å². The Balaban J connectivity index is 1.82. The predicted octanol–water partition coefficient (Wildman–Crippen LogP) is 1.97. The number of aryl methyl sites for hydroxylation is 2. The molecule has 0 aliphatic heterocycles. The number of nitrogens with one attached hydrogen (secondary N) is 1. The molecular weight excluding hydrogens is 286 g/mol. The maximum atomic E-state index is 12.4. The van der Waals surface area contributed by atoms with Gasteiger partial charge in [0.25, 0.3) is 5.91 Å². The molecule has 1 N–H and O–H groups in total. The Bertz CT molecular complexity index is 820. The Kier molecular flexibility index (Phi) is 3.42. The second-order valence-electron chi connectivity index (χ2n) is 4.89. The van der Waals surface area contributed by atoms with E-state index in [1.807, 2.05) is 37.7 Å². The number of nitrogens with zero attached hydrogens (tertiary/aromatic N) is 4. The van der Waals surface area contributed by atoms with Crippen molar-refractivity contribution in [3.05, 3.63) is 40.7 Å². The molecule has 0 saturated heterocycles. The molecule has 108 valence electrons. The first-order valence-electron chi connectivity index (χ1n) is 6.56. The molecule has 0 aliphatic carbocycles. The first-order chi connectivity index (χ1) is 10.1. The molecular formula is C14H15N5OS. The molecule has 1 amide bonds. The lowest BCUT2D eigenvalue weighted by Gasteiger charge is -2.06. The zero-order valence-electron chi connectivity index (χ0n) is 12.0. The van der Waals surface area contributed by atoms with Gasteiger partial charge in [-0.25, -0.2) is 0 Å². The first-order valence-corrected chi connectivity index (χ1v) is 7.29. The van der Waals surface area contributed by atoms with E-state index < -0.39 is 0 Å². The third-order valence-corrected chi connectivity index (χ3v) is 4.16. The van der Waals surface area contributed by atoms with Crippen LogP contribution in [0.5, 0.6) is 0 Å². The summed E-state index contributed by atoms with van der Waals surface area (Å²) < 4.78 is 10.2. The van der Waals surface area contributed by atoms with E-state index in [-0.39, 0.29) is 5.91 Å². The lowest BCUT2D eigenvalue weighted by molar-refractivity contribution is 0.0952. The van der Waals surface area contributed by atoms with Crippen molar-refractivity contribution in [2.75, 3.05) is 0 Å². The van der Waals surface area contributed by atoms with E-state index >= 15 is 0 Å². The van der Waals surface area contributed by atoms with Gasteiger partial charge in [-0.05, 0) is 26.0 Å². The first kappa shape index (κ1) is 13.7. The molecule has 21 heavy (non-hydrogen) atoms. The maximum absolute atomic E-state index is 12.4. The van der Waals surface area contributed by atoms with E-state index in [1.165, 1.54) is 0 Å². The normalized spacial score (nSPS) is 11.0. The van der Waals surface area contributed by atoms with Crippen LogP contribution in [0.25, 0.3) is 11.0 Å². The van der Waals surface area contributed by atoms with E-state index in [9.17, 15) is 4.79 Å². The summed E-state index contributed by atoms with van der Waals surface area (Å²) in [7, 11) is 1.90. The van der Waals surface area contributed by atoms with Gasteiger partial charge in [-0.1, -0.05) is 6.07 Å². The Morgan fingerprint density at radius 1 is 1.33 bits per heavy atom. The minimum atomic E-state index is -0.143. The Hall–Kier alpha value is -2.28. The second-order valence-corrected chi connectivity index (χ2v) is 5.42. The summed E-state index contributed by atoms with van der Waals surface area (Å²) in [6.07, 6.45) is 0. The summed E-state index contributed by atoms with van der Waals surface area (Å²) in [5.41, 5.74) is 5.00. The van der Waals surface area contributed by atoms with Crippen LogP contribution in [0.3, 0.4) is 0 Å². The van der Waals surface area contributed by atoms with Gasteiger partial charge in [-0.3, -0.25) is 9.48 Å². The number of aromatic nitrogens is 4. The number of hydrogen-bond donors (Lipinski definition) is 1. The summed E-state index contributed by atoms with van der Waals surface area (Å²) in [4.78, 5) is 12.4. The Labute approximate surface area is 126 Å². The summed E-state index contributed by atoms with van der Waals surface area (Å²) >= 11 is 1.11. The molecule has 0 aliphatic rings. The summed E-state index contributed by atoms with van der Waals surface area (Å²) in [5.74, 6) is -0.143. The van der Waals surface area contributed by atoms with Crippen molar-refractivity contribution < 1.29 is 4.79 Å². The van der Waals surface area contributed by atoms with Crippen LogP contribution in [0.1, 0.15) is 27.3 Å². The molecule has 0 atom stereocenters. The van der Waals surface area contributed by atoms with Crippen LogP contribution < -0.4 is 5.32 Å². The molecule has 0 radical (unpaired) electrons. The van der Waals surface area contributed by atoms with Crippen molar-refractivity contribution in [2.24, 2.45) is 7.05 Å². The largest absolute Gasteiger partial charge is 0.348 e. The van der Waals surface area contributed by atoms with E-state index in [2.05, 4.69) is 19.2 Å². The molecule has 3 rings (SSSR count). The number of carbonyl (C=O) groups excluding carboxylic acids is 1. The molecule has 1 aromatic carbocycles. The van der Waals surface area contributed by atoms with Crippen molar-refractivity contribution in [3.8, 4) is 0 Å². The number of hydrogen-bond acceptors (Lipinski definition) is 5. The highest BCUT2D eigenvalue weighted by Crippen LogP contribution is 2.17. The topological polar surface area (TPSA) is 72.7 Å². The minimum Gasteiger partial charge on any atom is -0.348 e. The van der Waals surface area contributed by atoms with Gasteiger partial charge < -0.3 is 5.32 Å². The fourth-order valence-electron chi connectivity index (χ4n) is 2.33. The molecule has 0 unspecified atom stereocenters. The number of fused-ring (bicyclic) bond motifs is 1. The van der Waals surface area contributed by atoms with Gasteiger partial charge in [0.1, 0.15) is 11.0 Å². The SMILES string of the molecule is Cc1nn(C)c(C)c1CNC(=O)c1cccc2nsnc12. The molecule has 0 fully saturated rings.